The summed E-state index contributed by atoms with van der Waals surface area (Å²) in [5.41, 5.74) is 3.18. The zero-order valence-corrected chi connectivity index (χ0v) is 9.74. The molecule has 4 heteroatoms. The lowest BCUT2D eigenvalue weighted by molar-refractivity contribution is 0.282. The Hall–Kier alpha value is -1.78. The van der Waals surface area contributed by atoms with Gasteiger partial charge in [-0.15, -0.1) is 11.3 Å². The fraction of sp³-hybridized carbons (Fsp3) is 0.0769. The smallest absolute Gasteiger partial charge is 0.119 e. The van der Waals surface area contributed by atoms with Crippen molar-refractivity contribution in [3.63, 3.8) is 0 Å². The summed E-state index contributed by atoms with van der Waals surface area (Å²) in [5.74, 6) is 0. The first-order valence-corrected chi connectivity index (χ1v) is 6.08. The van der Waals surface area contributed by atoms with Gasteiger partial charge in [0.15, 0.2) is 0 Å². The summed E-state index contributed by atoms with van der Waals surface area (Å²) in [6, 6.07) is 9.52. The van der Waals surface area contributed by atoms with Crippen molar-refractivity contribution in [1.29, 1.82) is 0 Å². The van der Waals surface area contributed by atoms with Gasteiger partial charge in [0.1, 0.15) is 11.9 Å². The maximum absolute atomic E-state index is 9.10. The van der Waals surface area contributed by atoms with Crippen LogP contribution in [0.25, 0.3) is 21.6 Å². The van der Waals surface area contributed by atoms with Crippen molar-refractivity contribution >= 4 is 22.4 Å². The van der Waals surface area contributed by atoms with Crippen LogP contribution in [-0.2, 0) is 6.61 Å². The summed E-state index contributed by atoms with van der Waals surface area (Å²) >= 11 is 1.61. The van der Waals surface area contributed by atoms with E-state index in [0.29, 0.717) is 0 Å². The average molecular weight is 241 g/mol. The Morgan fingerprint density at radius 3 is 2.94 bits per heavy atom. The minimum atomic E-state index is 0.0184. The van der Waals surface area contributed by atoms with Crippen LogP contribution in [-0.4, -0.2) is 15.1 Å². The molecular weight excluding hydrogens is 232 g/mol. The monoisotopic (exact) mass is 241 g/mol. The van der Waals surface area contributed by atoms with E-state index in [9.17, 15) is 0 Å². The van der Waals surface area contributed by atoms with Gasteiger partial charge in [0.05, 0.1) is 22.5 Å². The molecule has 83 valence electrons. The van der Waals surface area contributed by atoms with E-state index in [1.807, 2.05) is 35.7 Å². The number of aliphatic hydroxyl groups is 1. The quantitative estimate of drug-likeness (QED) is 0.750. The summed E-state index contributed by atoms with van der Waals surface area (Å²) in [4.78, 5) is 9.81. The van der Waals surface area contributed by atoms with E-state index in [-0.39, 0.29) is 6.61 Å². The fourth-order valence-corrected chi connectivity index (χ4v) is 2.30. The molecule has 0 unspecified atom stereocenters. The van der Waals surface area contributed by atoms with Crippen molar-refractivity contribution < 1.29 is 5.11 Å². The molecule has 0 aliphatic carbocycles. The van der Waals surface area contributed by atoms with Gasteiger partial charge < -0.3 is 5.11 Å². The van der Waals surface area contributed by atoms with E-state index in [0.717, 1.165) is 27.2 Å². The Bertz CT molecular complexity index is 650. The molecule has 0 saturated carbocycles. The van der Waals surface area contributed by atoms with Crippen LogP contribution < -0.4 is 0 Å². The molecule has 3 rings (SSSR count). The van der Waals surface area contributed by atoms with Crippen molar-refractivity contribution in [1.82, 2.24) is 9.97 Å². The van der Waals surface area contributed by atoms with Gasteiger partial charge in [-0.25, -0.2) is 9.97 Å². The van der Waals surface area contributed by atoms with Gasteiger partial charge in [-0.05, 0) is 29.1 Å². The van der Waals surface area contributed by atoms with Crippen molar-refractivity contribution in [3.8, 4) is 10.6 Å². The molecule has 3 aromatic rings. The number of hydrogen-bond donors (Lipinski definition) is 1. The zero-order valence-electron chi connectivity index (χ0n) is 8.92. The second kappa shape index (κ2) is 4.24. The summed E-state index contributed by atoms with van der Waals surface area (Å²) < 4.78 is 0. The minimum Gasteiger partial charge on any atom is -0.392 e. The lowest BCUT2D eigenvalue weighted by Crippen LogP contribution is -1.90. The number of aliphatic hydroxyl groups excluding tert-OH is 1. The van der Waals surface area contributed by atoms with E-state index in [4.69, 9.17) is 5.11 Å². The highest BCUT2D eigenvalue weighted by Gasteiger charge is 2.04. The van der Waals surface area contributed by atoms with E-state index in [1.165, 1.54) is 0 Å². The Morgan fingerprint density at radius 1 is 1.24 bits per heavy atom. The number of thiophene rings is 1. The van der Waals surface area contributed by atoms with Crippen LogP contribution >= 0.6 is 11.3 Å². The lowest BCUT2D eigenvalue weighted by atomic mass is 10.2. The second-order valence-corrected chi connectivity index (χ2v) is 4.59. The summed E-state index contributed by atoms with van der Waals surface area (Å²) in [5, 5.41) is 11.1. The molecule has 0 spiro atoms. The third kappa shape index (κ3) is 1.92. The topological polar surface area (TPSA) is 46.0 Å². The van der Waals surface area contributed by atoms with Crippen molar-refractivity contribution in [2.45, 2.75) is 6.61 Å². The maximum atomic E-state index is 9.10. The number of benzene rings is 1. The Balaban J connectivity index is 2.17. The SMILES string of the molecule is OCc1ccc2n[c]c(-c3cccs3)nc2c1. The first kappa shape index (κ1) is 10.4. The predicted molar refractivity (Wildman–Crippen MR) is 67.6 cm³/mol. The molecule has 0 atom stereocenters. The van der Waals surface area contributed by atoms with Crippen molar-refractivity contribution in [3.05, 3.63) is 47.5 Å². The highest BCUT2D eigenvalue weighted by molar-refractivity contribution is 7.13. The van der Waals surface area contributed by atoms with Gasteiger partial charge in [0.2, 0.25) is 0 Å². The molecule has 0 aliphatic rings. The maximum Gasteiger partial charge on any atom is 0.119 e. The Labute approximate surface area is 102 Å². The van der Waals surface area contributed by atoms with Crippen LogP contribution in [0.5, 0.6) is 0 Å². The number of fused-ring (bicyclic) bond motifs is 1. The molecule has 0 aliphatic heterocycles. The largest absolute Gasteiger partial charge is 0.392 e. The molecule has 0 amide bonds. The van der Waals surface area contributed by atoms with E-state index in [2.05, 4.69) is 16.2 Å². The Morgan fingerprint density at radius 2 is 2.18 bits per heavy atom. The Kier molecular flexibility index (Phi) is 2.59. The first-order chi connectivity index (χ1) is 8.36. The molecule has 0 saturated heterocycles. The van der Waals surface area contributed by atoms with E-state index in [1.54, 1.807) is 11.3 Å². The van der Waals surface area contributed by atoms with Crippen LogP contribution in [0.15, 0.2) is 35.7 Å². The molecule has 0 fully saturated rings. The molecule has 1 aromatic carbocycles. The normalized spacial score (nSPS) is 10.9. The first-order valence-electron chi connectivity index (χ1n) is 5.20. The molecule has 1 radical (unpaired) electrons. The number of hydrogen-bond acceptors (Lipinski definition) is 4. The van der Waals surface area contributed by atoms with Crippen LogP contribution in [0.4, 0.5) is 0 Å². The van der Waals surface area contributed by atoms with Gasteiger partial charge in [-0.1, -0.05) is 12.1 Å². The van der Waals surface area contributed by atoms with Crippen LogP contribution in [0.1, 0.15) is 5.56 Å². The molecule has 2 heterocycles. The zero-order chi connectivity index (χ0) is 11.7. The molecular formula is C13H9N2OS. The summed E-state index contributed by atoms with van der Waals surface area (Å²) in [6.45, 7) is 0.0184. The van der Waals surface area contributed by atoms with Crippen LogP contribution in [0.2, 0.25) is 0 Å². The number of nitrogens with zero attached hydrogens (tertiary/aromatic N) is 2. The standard InChI is InChI=1S/C13H9N2OS/c16-8-9-3-4-10-11(6-9)15-12(7-14-10)13-2-1-5-17-13/h1-6,16H,8H2. The highest BCUT2D eigenvalue weighted by atomic mass is 32.1. The lowest BCUT2D eigenvalue weighted by Gasteiger charge is -2.01. The van der Waals surface area contributed by atoms with Crippen LogP contribution in [0.3, 0.4) is 0 Å². The fourth-order valence-electron chi connectivity index (χ4n) is 1.63. The van der Waals surface area contributed by atoms with Crippen molar-refractivity contribution in [2.75, 3.05) is 0 Å². The minimum absolute atomic E-state index is 0.0184. The second-order valence-electron chi connectivity index (χ2n) is 3.64. The molecule has 17 heavy (non-hydrogen) atoms. The van der Waals surface area contributed by atoms with Crippen molar-refractivity contribution in [2.24, 2.45) is 0 Å². The van der Waals surface area contributed by atoms with Gasteiger partial charge in [0, 0.05) is 0 Å². The van der Waals surface area contributed by atoms with E-state index < -0.39 is 0 Å². The van der Waals surface area contributed by atoms with Gasteiger partial charge in [0.25, 0.3) is 0 Å². The molecule has 0 bridgehead atoms. The van der Waals surface area contributed by atoms with Crippen LogP contribution in [0, 0.1) is 6.20 Å². The number of rotatable bonds is 2. The molecule has 3 nitrogen and oxygen atoms in total. The predicted octanol–water partition coefficient (Wildman–Crippen LogP) is 2.65. The summed E-state index contributed by atoms with van der Waals surface area (Å²) in [6.07, 6.45) is 2.94. The average Bonchev–Trinajstić information content (AvgIpc) is 2.91. The third-order valence-electron chi connectivity index (χ3n) is 2.49. The van der Waals surface area contributed by atoms with Gasteiger partial charge >= 0.3 is 0 Å². The molecule has 2 aromatic heterocycles. The molecule has 1 N–H and O–H groups in total. The summed E-state index contributed by atoms with van der Waals surface area (Å²) in [7, 11) is 0. The van der Waals surface area contributed by atoms with Gasteiger partial charge in [-0.2, -0.15) is 0 Å². The third-order valence-corrected chi connectivity index (χ3v) is 3.37. The number of aromatic nitrogens is 2. The van der Waals surface area contributed by atoms with Gasteiger partial charge in [-0.3, -0.25) is 0 Å². The highest BCUT2D eigenvalue weighted by Crippen LogP contribution is 2.23. The van der Waals surface area contributed by atoms with E-state index >= 15 is 0 Å².